The number of carbonyl (C=O) groups excluding carboxylic acids is 1. The van der Waals surface area contributed by atoms with Gasteiger partial charge in [0, 0.05) is 19.3 Å². The lowest BCUT2D eigenvalue weighted by Gasteiger charge is -2.04. The van der Waals surface area contributed by atoms with Gasteiger partial charge in [-0.05, 0) is 24.6 Å². The van der Waals surface area contributed by atoms with Crippen molar-refractivity contribution in [2.75, 3.05) is 0 Å². The number of nitrogens with zero attached hydrogens (tertiary/aromatic N) is 2. The predicted molar refractivity (Wildman–Crippen MR) is 72.5 cm³/mol. The lowest BCUT2D eigenvalue weighted by atomic mass is 10.1. The van der Waals surface area contributed by atoms with Crippen LogP contribution >= 0.6 is 0 Å². The Hall–Kier alpha value is -2.63. The molecule has 1 aromatic heterocycles. The van der Waals surface area contributed by atoms with Crippen molar-refractivity contribution in [2.45, 2.75) is 20.0 Å². The molecule has 2 aromatic rings. The van der Waals surface area contributed by atoms with Crippen LogP contribution < -0.4 is 5.32 Å². The highest BCUT2D eigenvalue weighted by Gasteiger charge is 2.08. The minimum absolute atomic E-state index is 0.202. The van der Waals surface area contributed by atoms with E-state index in [0.29, 0.717) is 18.7 Å². The fourth-order valence-corrected chi connectivity index (χ4v) is 1.70. The summed E-state index contributed by atoms with van der Waals surface area (Å²) in [6.07, 6.45) is 3.20. The van der Waals surface area contributed by atoms with E-state index in [2.05, 4.69) is 10.4 Å². The van der Waals surface area contributed by atoms with Gasteiger partial charge in [-0.25, -0.2) is 4.79 Å². The van der Waals surface area contributed by atoms with Crippen molar-refractivity contribution in [2.24, 2.45) is 0 Å². The average Bonchev–Trinajstić information content (AvgIpc) is 2.94. The molecule has 6 heteroatoms. The standard InChI is InChI=1S/C14H15N3O3/c1-2-17-9-12(8-16-17)13(18)15-7-10-3-5-11(6-4-10)14(19)20/h3-6,8-9H,2,7H2,1H3,(H,15,18)(H,19,20). The third kappa shape index (κ3) is 3.23. The fraction of sp³-hybridized carbons (Fsp3) is 0.214. The molecule has 0 saturated heterocycles. The summed E-state index contributed by atoms with van der Waals surface area (Å²) in [5.41, 5.74) is 1.57. The van der Waals surface area contributed by atoms with Crippen LogP contribution in [0.3, 0.4) is 0 Å². The summed E-state index contributed by atoms with van der Waals surface area (Å²) >= 11 is 0. The van der Waals surface area contributed by atoms with Crippen molar-refractivity contribution in [1.82, 2.24) is 15.1 Å². The molecule has 0 aliphatic rings. The first-order valence-electron chi connectivity index (χ1n) is 6.23. The smallest absolute Gasteiger partial charge is 0.335 e. The van der Waals surface area contributed by atoms with Crippen LogP contribution in [0.2, 0.25) is 0 Å². The average molecular weight is 273 g/mol. The Labute approximate surface area is 116 Å². The van der Waals surface area contributed by atoms with Crippen LogP contribution in [0.15, 0.2) is 36.7 Å². The van der Waals surface area contributed by atoms with E-state index in [0.717, 1.165) is 5.56 Å². The maximum Gasteiger partial charge on any atom is 0.335 e. The van der Waals surface area contributed by atoms with Gasteiger partial charge in [-0.2, -0.15) is 5.10 Å². The second-order valence-corrected chi connectivity index (χ2v) is 4.27. The highest BCUT2D eigenvalue weighted by atomic mass is 16.4. The van der Waals surface area contributed by atoms with Crippen molar-refractivity contribution in [3.63, 3.8) is 0 Å². The molecule has 1 amide bonds. The molecule has 2 N–H and O–H groups in total. The highest BCUT2D eigenvalue weighted by molar-refractivity contribution is 5.93. The Bertz CT molecular complexity index is 617. The first kappa shape index (κ1) is 13.8. The molecule has 0 aliphatic carbocycles. The molecule has 0 fully saturated rings. The van der Waals surface area contributed by atoms with Gasteiger partial charge in [0.1, 0.15) is 0 Å². The van der Waals surface area contributed by atoms with Gasteiger partial charge in [-0.15, -0.1) is 0 Å². The largest absolute Gasteiger partial charge is 0.478 e. The number of benzene rings is 1. The molecule has 0 aliphatic heterocycles. The minimum Gasteiger partial charge on any atom is -0.478 e. The molecular weight excluding hydrogens is 258 g/mol. The van der Waals surface area contributed by atoms with Crippen molar-refractivity contribution in [3.05, 3.63) is 53.3 Å². The van der Waals surface area contributed by atoms with E-state index in [9.17, 15) is 9.59 Å². The predicted octanol–water partition coefficient (Wildman–Crippen LogP) is 1.53. The Morgan fingerprint density at radius 1 is 1.25 bits per heavy atom. The van der Waals surface area contributed by atoms with Gasteiger partial charge < -0.3 is 10.4 Å². The zero-order valence-electron chi connectivity index (χ0n) is 11.0. The number of carbonyl (C=O) groups is 2. The number of hydrogen-bond donors (Lipinski definition) is 2. The molecule has 1 heterocycles. The molecule has 2 rings (SSSR count). The van der Waals surface area contributed by atoms with Gasteiger partial charge in [0.2, 0.25) is 0 Å². The lowest BCUT2D eigenvalue weighted by molar-refractivity contribution is 0.0696. The van der Waals surface area contributed by atoms with E-state index < -0.39 is 5.97 Å². The molecule has 20 heavy (non-hydrogen) atoms. The monoisotopic (exact) mass is 273 g/mol. The second kappa shape index (κ2) is 6.01. The SMILES string of the molecule is CCn1cc(C(=O)NCc2ccc(C(=O)O)cc2)cn1. The Balaban J connectivity index is 1.94. The Morgan fingerprint density at radius 3 is 2.50 bits per heavy atom. The van der Waals surface area contributed by atoms with Crippen LogP contribution in [-0.2, 0) is 13.1 Å². The van der Waals surface area contributed by atoms with E-state index in [1.807, 2.05) is 6.92 Å². The molecule has 0 atom stereocenters. The Kier molecular flexibility index (Phi) is 4.14. The maximum atomic E-state index is 11.9. The number of aromatic nitrogens is 2. The summed E-state index contributed by atoms with van der Waals surface area (Å²) in [6.45, 7) is 3.00. The topological polar surface area (TPSA) is 84.2 Å². The number of carboxylic acid groups (broad SMARTS) is 1. The van der Waals surface area contributed by atoms with Crippen LogP contribution in [0.4, 0.5) is 0 Å². The fourth-order valence-electron chi connectivity index (χ4n) is 1.70. The maximum absolute atomic E-state index is 11.9. The van der Waals surface area contributed by atoms with E-state index in [-0.39, 0.29) is 11.5 Å². The van der Waals surface area contributed by atoms with E-state index in [1.165, 1.54) is 18.3 Å². The van der Waals surface area contributed by atoms with Crippen LogP contribution in [0, 0.1) is 0 Å². The molecule has 1 aromatic carbocycles. The zero-order valence-corrected chi connectivity index (χ0v) is 11.0. The highest BCUT2D eigenvalue weighted by Crippen LogP contribution is 2.05. The van der Waals surface area contributed by atoms with Gasteiger partial charge in [0.25, 0.3) is 5.91 Å². The first-order chi connectivity index (χ1) is 9.60. The van der Waals surface area contributed by atoms with Crippen LogP contribution in [0.1, 0.15) is 33.2 Å². The molecule has 0 bridgehead atoms. The quantitative estimate of drug-likeness (QED) is 0.865. The van der Waals surface area contributed by atoms with Crippen molar-refractivity contribution in [3.8, 4) is 0 Å². The summed E-state index contributed by atoms with van der Waals surface area (Å²) in [5, 5.41) is 15.6. The van der Waals surface area contributed by atoms with Gasteiger partial charge in [-0.3, -0.25) is 9.48 Å². The number of carboxylic acids is 1. The van der Waals surface area contributed by atoms with Crippen molar-refractivity contribution < 1.29 is 14.7 Å². The lowest BCUT2D eigenvalue weighted by Crippen LogP contribution is -2.22. The number of aryl methyl sites for hydroxylation is 1. The van der Waals surface area contributed by atoms with Crippen molar-refractivity contribution in [1.29, 1.82) is 0 Å². The second-order valence-electron chi connectivity index (χ2n) is 4.27. The van der Waals surface area contributed by atoms with E-state index in [4.69, 9.17) is 5.11 Å². The molecule has 0 radical (unpaired) electrons. The molecule has 0 spiro atoms. The number of hydrogen-bond acceptors (Lipinski definition) is 3. The van der Waals surface area contributed by atoms with Gasteiger partial charge in [0.05, 0.1) is 17.3 Å². The first-order valence-corrected chi connectivity index (χ1v) is 6.23. The third-order valence-corrected chi connectivity index (χ3v) is 2.87. The molecule has 0 unspecified atom stereocenters. The number of rotatable bonds is 5. The molecular formula is C14H15N3O3. The normalized spacial score (nSPS) is 10.2. The van der Waals surface area contributed by atoms with E-state index >= 15 is 0 Å². The van der Waals surface area contributed by atoms with Crippen LogP contribution in [0.5, 0.6) is 0 Å². The zero-order chi connectivity index (χ0) is 14.5. The van der Waals surface area contributed by atoms with Crippen molar-refractivity contribution >= 4 is 11.9 Å². The number of nitrogens with one attached hydrogen (secondary N) is 1. The summed E-state index contributed by atoms with van der Waals surface area (Å²) in [5.74, 6) is -1.17. The third-order valence-electron chi connectivity index (χ3n) is 2.87. The van der Waals surface area contributed by atoms with Crippen LogP contribution in [-0.4, -0.2) is 26.8 Å². The Morgan fingerprint density at radius 2 is 1.95 bits per heavy atom. The van der Waals surface area contributed by atoms with Crippen LogP contribution in [0.25, 0.3) is 0 Å². The number of amides is 1. The molecule has 104 valence electrons. The van der Waals surface area contributed by atoms with Gasteiger partial charge in [0.15, 0.2) is 0 Å². The molecule has 0 saturated carbocycles. The van der Waals surface area contributed by atoms with Gasteiger partial charge in [-0.1, -0.05) is 12.1 Å². The van der Waals surface area contributed by atoms with E-state index in [1.54, 1.807) is 23.0 Å². The summed E-state index contributed by atoms with van der Waals surface area (Å²) < 4.78 is 1.68. The summed E-state index contributed by atoms with van der Waals surface area (Å²) in [6, 6.07) is 6.39. The summed E-state index contributed by atoms with van der Waals surface area (Å²) in [4.78, 5) is 22.6. The minimum atomic E-state index is -0.965. The number of aromatic carboxylic acids is 1. The summed E-state index contributed by atoms with van der Waals surface area (Å²) in [7, 11) is 0. The molecule has 6 nitrogen and oxygen atoms in total. The van der Waals surface area contributed by atoms with Gasteiger partial charge >= 0.3 is 5.97 Å².